The molecule has 8 heteroatoms. The van der Waals surface area contributed by atoms with Gasteiger partial charge in [0.1, 0.15) is 0 Å². The summed E-state index contributed by atoms with van der Waals surface area (Å²) in [6.07, 6.45) is 1.97. The maximum Gasteiger partial charge on any atom is 0.240 e. The molecule has 3 N–H and O–H groups in total. The summed E-state index contributed by atoms with van der Waals surface area (Å²) in [4.78, 5) is 14.5. The Bertz CT molecular complexity index is 640. The third-order valence-electron chi connectivity index (χ3n) is 4.33. The highest BCUT2D eigenvalue weighted by molar-refractivity contribution is 7.89. The third kappa shape index (κ3) is 6.74. The van der Waals surface area contributed by atoms with Crippen LogP contribution in [0.4, 0.5) is 0 Å². The number of hydrogen-bond acceptors (Lipinski definition) is 5. The Kier molecular flexibility index (Phi) is 7.83. The second-order valence-corrected chi connectivity index (χ2v) is 8.03. The molecule has 0 aliphatic carbocycles. The summed E-state index contributed by atoms with van der Waals surface area (Å²) in [5.74, 6) is 0.0345. The smallest absolute Gasteiger partial charge is 0.240 e. The zero-order valence-electron chi connectivity index (χ0n) is 14.8. The zero-order valence-corrected chi connectivity index (χ0v) is 15.6. The van der Waals surface area contributed by atoms with Gasteiger partial charge in [0, 0.05) is 39.1 Å². The normalized spacial score (nSPS) is 15.9. The average molecular weight is 369 g/mol. The minimum absolute atomic E-state index is 0.0345. The molecule has 1 saturated heterocycles. The fourth-order valence-corrected chi connectivity index (χ4v) is 3.49. The van der Waals surface area contributed by atoms with E-state index in [-0.39, 0.29) is 10.8 Å². The molecular formula is C17H28N4O3S. The Morgan fingerprint density at radius 3 is 2.52 bits per heavy atom. The molecule has 0 radical (unpaired) electrons. The van der Waals surface area contributed by atoms with Gasteiger partial charge < -0.3 is 15.5 Å². The Hall–Kier alpha value is -1.48. The molecule has 1 amide bonds. The van der Waals surface area contributed by atoms with Crippen molar-refractivity contribution in [3.63, 3.8) is 0 Å². The van der Waals surface area contributed by atoms with E-state index in [1.54, 1.807) is 24.3 Å². The predicted octanol–water partition coefficient (Wildman–Crippen LogP) is -0.0612. The van der Waals surface area contributed by atoms with E-state index >= 15 is 0 Å². The van der Waals surface area contributed by atoms with Crippen molar-refractivity contribution in [1.29, 1.82) is 0 Å². The summed E-state index contributed by atoms with van der Waals surface area (Å²) >= 11 is 0. The largest absolute Gasteiger partial charge is 0.356 e. The van der Waals surface area contributed by atoms with Crippen LogP contribution < -0.4 is 15.4 Å². The third-order valence-corrected chi connectivity index (χ3v) is 5.76. The summed E-state index contributed by atoms with van der Waals surface area (Å²) < 4.78 is 25.6. The van der Waals surface area contributed by atoms with E-state index in [0.717, 1.165) is 44.7 Å². The Balaban J connectivity index is 1.64. The maximum atomic E-state index is 11.9. The lowest BCUT2D eigenvalue weighted by molar-refractivity contribution is -0.121. The SMILES string of the molecule is CNS(=O)(=O)c1ccc(CCC(=O)NCCCN2CCNCC2)cc1. The standard InChI is InChI=1S/C17H28N4O3S/c1-18-25(23,24)16-6-3-15(4-7-16)5-8-17(22)20-9-2-12-21-13-10-19-11-14-21/h3-4,6-7,18-19H,2,5,8-14H2,1H3,(H,20,22). The highest BCUT2D eigenvalue weighted by Crippen LogP contribution is 2.11. The number of piperazine rings is 1. The van der Waals surface area contributed by atoms with Crippen molar-refractivity contribution < 1.29 is 13.2 Å². The zero-order chi connectivity index (χ0) is 18.1. The molecule has 0 aromatic heterocycles. The summed E-state index contributed by atoms with van der Waals surface area (Å²) in [5, 5.41) is 6.27. The van der Waals surface area contributed by atoms with E-state index in [4.69, 9.17) is 0 Å². The minimum Gasteiger partial charge on any atom is -0.356 e. The van der Waals surface area contributed by atoms with Crippen LogP contribution in [0.2, 0.25) is 0 Å². The number of aryl methyl sites for hydroxylation is 1. The van der Waals surface area contributed by atoms with Gasteiger partial charge in [-0.2, -0.15) is 0 Å². The van der Waals surface area contributed by atoms with Gasteiger partial charge in [0.15, 0.2) is 0 Å². The molecule has 1 aromatic carbocycles. The molecule has 1 aromatic rings. The number of rotatable bonds is 9. The molecule has 0 saturated carbocycles. The van der Waals surface area contributed by atoms with Crippen LogP contribution >= 0.6 is 0 Å². The van der Waals surface area contributed by atoms with E-state index in [2.05, 4.69) is 20.3 Å². The van der Waals surface area contributed by atoms with Crippen LogP contribution in [-0.4, -0.2) is 65.5 Å². The molecule has 0 spiro atoms. The molecule has 7 nitrogen and oxygen atoms in total. The average Bonchev–Trinajstić information content (AvgIpc) is 2.65. The van der Waals surface area contributed by atoms with Crippen molar-refractivity contribution in [2.45, 2.75) is 24.2 Å². The number of hydrogen-bond donors (Lipinski definition) is 3. The van der Waals surface area contributed by atoms with Gasteiger partial charge >= 0.3 is 0 Å². The topological polar surface area (TPSA) is 90.5 Å². The van der Waals surface area contributed by atoms with Crippen LogP contribution in [0.25, 0.3) is 0 Å². The monoisotopic (exact) mass is 368 g/mol. The molecule has 2 rings (SSSR count). The lowest BCUT2D eigenvalue weighted by Crippen LogP contribution is -2.44. The lowest BCUT2D eigenvalue weighted by atomic mass is 10.1. The van der Waals surface area contributed by atoms with Gasteiger partial charge in [-0.25, -0.2) is 13.1 Å². The molecule has 1 heterocycles. The van der Waals surface area contributed by atoms with Gasteiger partial charge in [-0.1, -0.05) is 12.1 Å². The van der Waals surface area contributed by atoms with Crippen LogP contribution in [-0.2, 0) is 21.2 Å². The minimum atomic E-state index is -3.41. The molecule has 0 atom stereocenters. The first-order valence-corrected chi connectivity index (χ1v) is 10.2. The van der Waals surface area contributed by atoms with Crippen LogP contribution in [0.15, 0.2) is 29.2 Å². The number of sulfonamides is 1. The van der Waals surface area contributed by atoms with Crippen LogP contribution in [0.3, 0.4) is 0 Å². The lowest BCUT2D eigenvalue weighted by Gasteiger charge is -2.27. The molecule has 0 bridgehead atoms. The van der Waals surface area contributed by atoms with Gasteiger partial charge in [-0.05, 0) is 44.1 Å². The first-order valence-electron chi connectivity index (χ1n) is 8.73. The molecule has 1 aliphatic heterocycles. The van der Waals surface area contributed by atoms with E-state index in [1.807, 2.05) is 0 Å². The second kappa shape index (κ2) is 9.86. The first-order chi connectivity index (χ1) is 12.0. The summed E-state index contributed by atoms with van der Waals surface area (Å²) in [6.45, 7) is 5.95. The Morgan fingerprint density at radius 2 is 1.88 bits per heavy atom. The number of nitrogens with one attached hydrogen (secondary N) is 3. The number of nitrogens with zero attached hydrogens (tertiary/aromatic N) is 1. The number of carbonyl (C=O) groups excluding carboxylic acids is 1. The fourth-order valence-electron chi connectivity index (χ4n) is 2.76. The highest BCUT2D eigenvalue weighted by atomic mass is 32.2. The van der Waals surface area contributed by atoms with E-state index < -0.39 is 10.0 Å². The van der Waals surface area contributed by atoms with E-state index in [1.165, 1.54) is 7.05 Å². The van der Waals surface area contributed by atoms with Crippen molar-refractivity contribution in [1.82, 2.24) is 20.3 Å². The fraction of sp³-hybridized carbons (Fsp3) is 0.588. The van der Waals surface area contributed by atoms with Crippen LogP contribution in [0.1, 0.15) is 18.4 Å². The van der Waals surface area contributed by atoms with E-state index in [9.17, 15) is 13.2 Å². The summed E-state index contributed by atoms with van der Waals surface area (Å²) in [6, 6.07) is 6.63. The maximum absolute atomic E-state index is 11.9. The van der Waals surface area contributed by atoms with E-state index in [0.29, 0.717) is 19.4 Å². The Morgan fingerprint density at radius 1 is 1.20 bits per heavy atom. The van der Waals surface area contributed by atoms with Crippen LogP contribution in [0, 0.1) is 0 Å². The van der Waals surface area contributed by atoms with Crippen molar-refractivity contribution in [3.8, 4) is 0 Å². The van der Waals surface area contributed by atoms with Crippen molar-refractivity contribution >= 4 is 15.9 Å². The molecular weight excluding hydrogens is 340 g/mol. The highest BCUT2D eigenvalue weighted by Gasteiger charge is 2.11. The number of amides is 1. The van der Waals surface area contributed by atoms with Gasteiger partial charge in [-0.3, -0.25) is 4.79 Å². The quantitative estimate of drug-likeness (QED) is 0.531. The molecule has 1 aliphatic rings. The van der Waals surface area contributed by atoms with Gasteiger partial charge in [-0.15, -0.1) is 0 Å². The van der Waals surface area contributed by atoms with Crippen molar-refractivity contribution in [3.05, 3.63) is 29.8 Å². The van der Waals surface area contributed by atoms with Gasteiger partial charge in [0.2, 0.25) is 15.9 Å². The number of carbonyl (C=O) groups is 1. The Labute approximate surface area is 150 Å². The summed E-state index contributed by atoms with van der Waals surface area (Å²) in [7, 11) is -2.02. The summed E-state index contributed by atoms with van der Waals surface area (Å²) in [5.41, 5.74) is 0.950. The first kappa shape index (κ1) is 19.8. The van der Waals surface area contributed by atoms with Crippen molar-refractivity contribution in [2.24, 2.45) is 0 Å². The van der Waals surface area contributed by atoms with Gasteiger partial charge in [0.25, 0.3) is 0 Å². The predicted molar refractivity (Wildman–Crippen MR) is 97.9 cm³/mol. The van der Waals surface area contributed by atoms with Crippen LogP contribution in [0.5, 0.6) is 0 Å². The molecule has 1 fully saturated rings. The second-order valence-electron chi connectivity index (χ2n) is 6.15. The molecule has 25 heavy (non-hydrogen) atoms. The van der Waals surface area contributed by atoms with Crippen molar-refractivity contribution in [2.75, 3.05) is 46.3 Å². The van der Waals surface area contributed by atoms with Gasteiger partial charge in [0.05, 0.1) is 4.90 Å². The molecule has 0 unspecified atom stereocenters. The number of benzene rings is 1. The molecule has 140 valence electrons.